The predicted molar refractivity (Wildman–Crippen MR) is 125 cm³/mol. The van der Waals surface area contributed by atoms with Gasteiger partial charge in [-0.05, 0) is 57.7 Å². The van der Waals surface area contributed by atoms with Gasteiger partial charge in [0.2, 0.25) is 15.9 Å². The van der Waals surface area contributed by atoms with Gasteiger partial charge in [0.15, 0.2) is 0 Å². The van der Waals surface area contributed by atoms with Crippen LogP contribution in [-0.4, -0.2) is 73.8 Å². The Balaban J connectivity index is 2.01. The van der Waals surface area contributed by atoms with Crippen LogP contribution in [0.25, 0.3) is 0 Å². The number of halogens is 1. The quantitative estimate of drug-likeness (QED) is 0.605. The monoisotopic (exact) mass is 487 g/mol. The number of carbonyl (C=O) groups is 2. The summed E-state index contributed by atoms with van der Waals surface area (Å²) in [5.74, 6) is -0.761. The highest BCUT2D eigenvalue weighted by molar-refractivity contribution is 7.90. The van der Waals surface area contributed by atoms with Crippen molar-refractivity contribution in [3.63, 3.8) is 0 Å². The van der Waals surface area contributed by atoms with Crippen molar-refractivity contribution in [2.45, 2.75) is 58.6 Å². The van der Waals surface area contributed by atoms with Crippen molar-refractivity contribution < 1.29 is 22.7 Å². The summed E-state index contributed by atoms with van der Waals surface area (Å²) in [7, 11) is -3.69. The van der Waals surface area contributed by atoms with Crippen LogP contribution in [0.1, 0.15) is 46.1 Å². The Labute approximate surface area is 196 Å². The third-order valence-corrected chi connectivity index (χ3v) is 6.75. The first-order valence-corrected chi connectivity index (χ1v) is 12.8. The zero-order chi connectivity index (χ0) is 23.9. The number of nitrogens with zero attached hydrogens (tertiary/aromatic N) is 2. The minimum atomic E-state index is -3.69. The van der Waals surface area contributed by atoms with Gasteiger partial charge in [-0.25, -0.2) is 13.2 Å². The molecule has 1 saturated heterocycles. The molecule has 0 radical (unpaired) electrons. The summed E-state index contributed by atoms with van der Waals surface area (Å²) < 4.78 is 31.8. The topological polar surface area (TPSA) is 96.0 Å². The Kier molecular flexibility index (Phi) is 9.36. The van der Waals surface area contributed by atoms with E-state index in [9.17, 15) is 18.0 Å². The molecule has 1 fully saturated rings. The Morgan fingerprint density at radius 3 is 2.28 bits per heavy atom. The largest absolute Gasteiger partial charge is 0.444 e. The van der Waals surface area contributed by atoms with E-state index in [0.29, 0.717) is 31.2 Å². The van der Waals surface area contributed by atoms with E-state index < -0.39 is 21.5 Å². The smallest absolute Gasteiger partial charge is 0.410 e. The maximum Gasteiger partial charge on any atom is 0.410 e. The minimum absolute atomic E-state index is 0.133. The van der Waals surface area contributed by atoms with Gasteiger partial charge in [-0.2, -0.15) is 0 Å². The molecule has 0 spiro atoms. The average molecular weight is 488 g/mol. The van der Waals surface area contributed by atoms with Gasteiger partial charge < -0.3 is 9.64 Å². The number of likely N-dealkylation sites (tertiary alicyclic amines) is 1. The highest BCUT2D eigenvalue weighted by Gasteiger charge is 2.30. The summed E-state index contributed by atoms with van der Waals surface area (Å²) in [6, 6.07) is 7.72. The summed E-state index contributed by atoms with van der Waals surface area (Å²) in [6.07, 6.45) is 1.86. The van der Waals surface area contributed by atoms with Crippen molar-refractivity contribution in [3.05, 3.63) is 34.9 Å². The van der Waals surface area contributed by atoms with Crippen molar-refractivity contribution in [3.8, 4) is 0 Å². The molecule has 0 bridgehead atoms. The number of hydrogen-bond donors (Lipinski definition) is 1. The van der Waals surface area contributed by atoms with Gasteiger partial charge in [0.05, 0.1) is 5.75 Å². The third kappa shape index (κ3) is 9.34. The van der Waals surface area contributed by atoms with Gasteiger partial charge in [-0.1, -0.05) is 23.7 Å². The lowest BCUT2D eigenvalue weighted by molar-refractivity contribution is -0.117. The maximum absolute atomic E-state index is 12.3. The number of nitrogens with one attached hydrogen (secondary N) is 1. The summed E-state index contributed by atoms with van der Waals surface area (Å²) in [6.45, 7) is 8.76. The molecule has 1 heterocycles. The van der Waals surface area contributed by atoms with E-state index in [-0.39, 0.29) is 17.9 Å². The normalized spacial score (nSPS) is 15.6. The summed E-state index contributed by atoms with van der Waals surface area (Å²) in [4.78, 5) is 27.4. The first-order chi connectivity index (χ1) is 14.8. The molecule has 180 valence electrons. The summed E-state index contributed by atoms with van der Waals surface area (Å²) in [5.41, 5.74) is 0.562. The molecule has 10 heteroatoms. The molecule has 2 amide bonds. The summed E-state index contributed by atoms with van der Waals surface area (Å²) in [5, 5.41) is 0.668. The number of piperidine rings is 1. The average Bonchev–Trinajstić information content (AvgIpc) is 2.67. The molecule has 0 aliphatic carbocycles. The Hall–Kier alpha value is -1.84. The molecule has 1 aliphatic rings. The molecule has 0 unspecified atom stereocenters. The van der Waals surface area contributed by atoms with Crippen LogP contribution in [0.4, 0.5) is 4.79 Å². The first kappa shape index (κ1) is 26.4. The van der Waals surface area contributed by atoms with Crippen molar-refractivity contribution in [2.24, 2.45) is 0 Å². The molecule has 0 aromatic heterocycles. The number of hydrogen-bond acceptors (Lipinski definition) is 6. The molecule has 1 aliphatic heterocycles. The molecule has 1 N–H and O–H groups in total. The van der Waals surface area contributed by atoms with Gasteiger partial charge in [-0.3, -0.25) is 14.4 Å². The number of sulfonamides is 1. The fourth-order valence-corrected chi connectivity index (χ4v) is 4.79. The van der Waals surface area contributed by atoms with Crippen LogP contribution >= 0.6 is 11.6 Å². The lowest BCUT2D eigenvalue weighted by atomic mass is 10.0. The van der Waals surface area contributed by atoms with Crippen LogP contribution in [0.2, 0.25) is 5.02 Å². The zero-order valence-electron chi connectivity index (χ0n) is 19.3. The fraction of sp³-hybridized carbons (Fsp3) is 0.636. The van der Waals surface area contributed by atoms with E-state index in [1.54, 1.807) is 4.90 Å². The molecule has 32 heavy (non-hydrogen) atoms. The Bertz CT molecular complexity index is 876. The second-order valence-electron chi connectivity index (χ2n) is 9.09. The SMILES string of the molecule is CC(=O)NS(=O)(=O)CCN(CCc1ccc(Cl)cc1)C1CCN(C(=O)OC(C)(C)C)CC1. The number of ether oxygens (including phenoxy) is 1. The van der Waals surface area contributed by atoms with Crippen LogP contribution in [0.3, 0.4) is 0 Å². The number of carbonyl (C=O) groups excluding carboxylic acids is 2. The number of amides is 2. The molecule has 0 atom stereocenters. The van der Waals surface area contributed by atoms with Crippen LogP contribution < -0.4 is 4.72 Å². The number of benzene rings is 1. The van der Waals surface area contributed by atoms with Crippen molar-refractivity contribution >= 4 is 33.6 Å². The lowest BCUT2D eigenvalue weighted by Crippen LogP contribution is -2.49. The Morgan fingerprint density at radius 1 is 1.16 bits per heavy atom. The summed E-state index contributed by atoms with van der Waals surface area (Å²) >= 11 is 5.96. The van der Waals surface area contributed by atoms with Gasteiger partial charge >= 0.3 is 6.09 Å². The lowest BCUT2D eigenvalue weighted by Gasteiger charge is -2.39. The van der Waals surface area contributed by atoms with Crippen LogP contribution in [-0.2, 0) is 26.0 Å². The van der Waals surface area contributed by atoms with E-state index in [1.807, 2.05) is 49.8 Å². The second kappa shape index (κ2) is 11.3. The van der Waals surface area contributed by atoms with Gasteiger partial charge in [0.25, 0.3) is 0 Å². The van der Waals surface area contributed by atoms with Crippen molar-refractivity contribution in [1.82, 2.24) is 14.5 Å². The molecule has 1 aromatic carbocycles. The molecule has 8 nitrogen and oxygen atoms in total. The molecule has 0 saturated carbocycles. The first-order valence-electron chi connectivity index (χ1n) is 10.8. The second-order valence-corrected chi connectivity index (χ2v) is 11.4. The van der Waals surface area contributed by atoms with Gasteiger partial charge in [0.1, 0.15) is 5.60 Å². The Morgan fingerprint density at radius 2 is 1.75 bits per heavy atom. The van der Waals surface area contributed by atoms with Gasteiger partial charge in [0, 0.05) is 44.2 Å². The van der Waals surface area contributed by atoms with E-state index in [1.165, 1.54) is 6.92 Å². The molecular formula is C22H34ClN3O5S. The highest BCUT2D eigenvalue weighted by Crippen LogP contribution is 2.20. The van der Waals surface area contributed by atoms with E-state index in [4.69, 9.17) is 16.3 Å². The molecular weight excluding hydrogens is 454 g/mol. The van der Waals surface area contributed by atoms with Crippen LogP contribution in [0.15, 0.2) is 24.3 Å². The minimum Gasteiger partial charge on any atom is -0.444 e. The third-order valence-electron chi connectivity index (χ3n) is 5.18. The molecule has 2 rings (SSSR count). The van der Waals surface area contributed by atoms with Crippen molar-refractivity contribution in [2.75, 3.05) is 31.9 Å². The zero-order valence-corrected chi connectivity index (χ0v) is 20.8. The maximum atomic E-state index is 12.3. The highest BCUT2D eigenvalue weighted by atomic mass is 35.5. The fourth-order valence-electron chi connectivity index (χ4n) is 3.65. The predicted octanol–water partition coefficient (Wildman–Crippen LogP) is 3.05. The van der Waals surface area contributed by atoms with Gasteiger partial charge in [-0.15, -0.1) is 0 Å². The standard InChI is InChI=1S/C22H34ClN3O5S/c1-17(27)24-32(29,30)16-15-25(12-9-18-5-7-19(23)8-6-18)20-10-13-26(14-11-20)21(28)31-22(2,3)4/h5-8,20H,9-16H2,1-4H3,(H,24,27). The van der Waals surface area contributed by atoms with E-state index in [0.717, 1.165) is 24.8 Å². The molecule has 1 aromatic rings. The van der Waals surface area contributed by atoms with Crippen LogP contribution in [0, 0.1) is 0 Å². The van der Waals surface area contributed by atoms with Crippen LogP contribution in [0.5, 0.6) is 0 Å². The number of rotatable bonds is 8. The van der Waals surface area contributed by atoms with Crippen molar-refractivity contribution in [1.29, 1.82) is 0 Å². The van der Waals surface area contributed by atoms with E-state index >= 15 is 0 Å². The van der Waals surface area contributed by atoms with E-state index in [2.05, 4.69) is 4.90 Å².